The summed E-state index contributed by atoms with van der Waals surface area (Å²) < 4.78 is 23.3. The van der Waals surface area contributed by atoms with Crippen molar-refractivity contribution in [3.05, 3.63) is 30.1 Å². The van der Waals surface area contributed by atoms with Crippen molar-refractivity contribution in [3.8, 4) is 0 Å². The maximum absolute atomic E-state index is 11.6. The van der Waals surface area contributed by atoms with Crippen LogP contribution >= 0.6 is 0 Å². The fourth-order valence-corrected chi connectivity index (χ4v) is 2.97. The Labute approximate surface area is 100 Å². The molecule has 1 aromatic rings. The number of aromatic nitrogens is 1. The molecule has 1 aromatic heterocycles. The summed E-state index contributed by atoms with van der Waals surface area (Å²) >= 11 is 0. The van der Waals surface area contributed by atoms with Crippen molar-refractivity contribution < 1.29 is 18.3 Å². The summed E-state index contributed by atoms with van der Waals surface area (Å²) in [5, 5.41) is 8.66. The third-order valence-corrected chi connectivity index (χ3v) is 4.18. The van der Waals surface area contributed by atoms with E-state index in [2.05, 4.69) is 4.98 Å². The molecule has 0 aliphatic heterocycles. The van der Waals surface area contributed by atoms with Crippen LogP contribution in [0.3, 0.4) is 0 Å². The zero-order valence-corrected chi connectivity index (χ0v) is 10.4. The number of aryl methyl sites for hydroxylation is 1. The van der Waals surface area contributed by atoms with Crippen molar-refractivity contribution in [2.24, 2.45) is 5.92 Å². The number of pyridine rings is 1. The lowest BCUT2D eigenvalue weighted by molar-refractivity contribution is -0.140. The summed E-state index contributed by atoms with van der Waals surface area (Å²) in [6.07, 6.45) is 3.59. The van der Waals surface area contributed by atoms with E-state index in [0.717, 1.165) is 5.56 Å². The third kappa shape index (κ3) is 4.95. The Morgan fingerprint density at radius 3 is 2.76 bits per heavy atom. The summed E-state index contributed by atoms with van der Waals surface area (Å²) in [5.41, 5.74) is 0.832. The number of carboxylic acid groups (broad SMARTS) is 1. The minimum atomic E-state index is -3.33. The van der Waals surface area contributed by atoms with Gasteiger partial charge in [0.15, 0.2) is 9.84 Å². The van der Waals surface area contributed by atoms with E-state index in [1.165, 1.54) is 6.92 Å². The molecule has 5 nitrogen and oxygen atoms in total. The molecule has 0 bridgehead atoms. The van der Waals surface area contributed by atoms with Crippen molar-refractivity contribution in [3.63, 3.8) is 0 Å². The molecule has 0 spiro atoms. The molecule has 0 radical (unpaired) electrons. The van der Waals surface area contributed by atoms with E-state index in [0.29, 0.717) is 6.42 Å². The minimum absolute atomic E-state index is 0.0453. The zero-order valence-electron chi connectivity index (χ0n) is 9.54. The van der Waals surface area contributed by atoms with Gasteiger partial charge in [-0.3, -0.25) is 9.78 Å². The molecule has 1 atom stereocenters. The number of sulfone groups is 1. The highest BCUT2D eigenvalue weighted by Crippen LogP contribution is 2.06. The molecular formula is C11H15NO4S. The average molecular weight is 257 g/mol. The molecule has 0 amide bonds. The van der Waals surface area contributed by atoms with Gasteiger partial charge in [-0.2, -0.15) is 0 Å². The minimum Gasteiger partial charge on any atom is -0.481 e. The first-order chi connectivity index (χ1) is 7.91. The first-order valence-electron chi connectivity index (χ1n) is 5.23. The SMILES string of the molecule is CC(CS(=O)(=O)CCc1cccnc1)C(=O)O. The van der Waals surface area contributed by atoms with Gasteiger partial charge in [0.25, 0.3) is 0 Å². The Hall–Kier alpha value is -1.43. The Balaban J connectivity index is 2.54. The topological polar surface area (TPSA) is 84.3 Å². The van der Waals surface area contributed by atoms with Gasteiger partial charge in [-0.25, -0.2) is 8.42 Å². The second-order valence-electron chi connectivity index (χ2n) is 3.96. The molecule has 0 saturated carbocycles. The largest absolute Gasteiger partial charge is 0.481 e. The van der Waals surface area contributed by atoms with Gasteiger partial charge in [-0.05, 0) is 18.1 Å². The molecule has 1 rings (SSSR count). The summed E-state index contributed by atoms with van der Waals surface area (Å²) in [7, 11) is -3.33. The van der Waals surface area contributed by atoms with Gasteiger partial charge in [0.05, 0.1) is 17.4 Å². The molecule has 0 saturated heterocycles. The number of aliphatic carboxylic acids is 1. The predicted molar refractivity (Wildman–Crippen MR) is 63.4 cm³/mol. The Morgan fingerprint density at radius 2 is 2.24 bits per heavy atom. The van der Waals surface area contributed by atoms with Crippen molar-refractivity contribution in [1.29, 1.82) is 0 Å². The van der Waals surface area contributed by atoms with E-state index >= 15 is 0 Å². The van der Waals surface area contributed by atoms with E-state index in [9.17, 15) is 13.2 Å². The first-order valence-corrected chi connectivity index (χ1v) is 7.05. The predicted octanol–water partition coefficient (Wildman–Crippen LogP) is 0.760. The highest BCUT2D eigenvalue weighted by molar-refractivity contribution is 7.91. The molecule has 1 heterocycles. The van der Waals surface area contributed by atoms with Crippen LogP contribution in [0.25, 0.3) is 0 Å². The first kappa shape index (κ1) is 13.6. The van der Waals surface area contributed by atoms with Crippen LogP contribution in [0.1, 0.15) is 12.5 Å². The van der Waals surface area contributed by atoms with Crippen molar-refractivity contribution in [2.75, 3.05) is 11.5 Å². The van der Waals surface area contributed by atoms with Gasteiger partial charge in [-0.15, -0.1) is 0 Å². The number of carbonyl (C=O) groups is 1. The summed E-state index contributed by atoms with van der Waals surface area (Å²) in [4.78, 5) is 14.5. The van der Waals surface area contributed by atoms with Crippen LogP contribution in [0.2, 0.25) is 0 Å². The van der Waals surface area contributed by atoms with Crippen molar-refractivity contribution >= 4 is 15.8 Å². The van der Waals surface area contributed by atoms with E-state index in [-0.39, 0.29) is 11.5 Å². The fourth-order valence-electron chi connectivity index (χ4n) is 1.35. The number of rotatable bonds is 6. The number of nitrogens with zero attached hydrogens (tertiary/aromatic N) is 1. The van der Waals surface area contributed by atoms with Gasteiger partial charge >= 0.3 is 5.97 Å². The lowest BCUT2D eigenvalue weighted by Crippen LogP contribution is -2.23. The molecule has 6 heteroatoms. The van der Waals surface area contributed by atoms with Crippen molar-refractivity contribution in [1.82, 2.24) is 4.98 Å². The monoisotopic (exact) mass is 257 g/mol. The third-order valence-electron chi connectivity index (χ3n) is 2.35. The van der Waals surface area contributed by atoms with E-state index < -0.39 is 21.7 Å². The van der Waals surface area contributed by atoms with E-state index in [1.807, 2.05) is 0 Å². The fraction of sp³-hybridized carbons (Fsp3) is 0.455. The molecular weight excluding hydrogens is 242 g/mol. The van der Waals surface area contributed by atoms with E-state index in [4.69, 9.17) is 5.11 Å². The van der Waals surface area contributed by atoms with Gasteiger partial charge in [0.2, 0.25) is 0 Å². The number of hydrogen-bond acceptors (Lipinski definition) is 4. The Bertz CT molecular complexity index is 470. The Kier molecular flexibility index (Phi) is 4.62. The van der Waals surface area contributed by atoms with Gasteiger partial charge in [0, 0.05) is 12.4 Å². The molecule has 0 aliphatic carbocycles. The molecule has 0 aliphatic rings. The van der Waals surface area contributed by atoms with Crippen molar-refractivity contribution in [2.45, 2.75) is 13.3 Å². The maximum atomic E-state index is 11.6. The standard InChI is InChI=1S/C11H15NO4S/c1-9(11(13)14)8-17(15,16)6-4-10-3-2-5-12-7-10/h2-3,5,7,9H,4,6,8H2,1H3,(H,13,14). The summed E-state index contributed by atoms with van der Waals surface area (Å²) in [6.45, 7) is 1.39. The second kappa shape index (κ2) is 5.77. The van der Waals surface area contributed by atoms with Crippen LogP contribution in [0.15, 0.2) is 24.5 Å². The zero-order chi connectivity index (χ0) is 12.9. The van der Waals surface area contributed by atoms with Gasteiger partial charge < -0.3 is 5.11 Å². The highest BCUT2D eigenvalue weighted by atomic mass is 32.2. The summed E-state index contributed by atoms with van der Waals surface area (Å²) in [5.74, 6) is -2.32. The van der Waals surface area contributed by atoms with E-state index in [1.54, 1.807) is 24.5 Å². The van der Waals surface area contributed by atoms with Crippen LogP contribution in [-0.2, 0) is 21.1 Å². The number of hydrogen-bond donors (Lipinski definition) is 1. The molecule has 94 valence electrons. The molecule has 0 aromatic carbocycles. The number of carboxylic acids is 1. The lowest BCUT2D eigenvalue weighted by Gasteiger charge is -2.07. The highest BCUT2D eigenvalue weighted by Gasteiger charge is 2.20. The molecule has 17 heavy (non-hydrogen) atoms. The quantitative estimate of drug-likeness (QED) is 0.813. The normalized spacial score (nSPS) is 13.2. The van der Waals surface area contributed by atoms with Gasteiger partial charge in [-0.1, -0.05) is 13.0 Å². The van der Waals surface area contributed by atoms with Crippen LogP contribution in [-0.4, -0.2) is 36.0 Å². The molecule has 0 fully saturated rings. The van der Waals surface area contributed by atoms with Crippen LogP contribution < -0.4 is 0 Å². The molecule has 1 unspecified atom stereocenters. The lowest BCUT2D eigenvalue weighted by atomic mass is 10.2. The van der Waals surface area contributed by atoms with Gasteiger partial charge in [0.1, 0.15) is 0 Å². The summed E-state index contributed by atoms with van der Waals surface area (Å²) in [6, 6.07) is 3.53. The van der Waals surface area contributed by atoms with Crippen LogP contribution in [0, 0.1) is 5.92 Å². The van der Waals surface area contributed by atoms with Crippen LogP contribution in [0.4, 0.5) is 0 Å². The average Bonchev–Trinajstić information content (AvgIpc) is 2.27. The molecule has 1 N–H and O–H groups in total. The second-order valence-corrected chi connectivity index (χ2v) is 6.19. The maximum Gasteiger partial charge on any atom is 0.307 e. The Morgan fingerprint density at radius 1 is 1.53 bits per heavy atom. The van der Waals surface area contributed by atoms with Crippen LogP contribution in [0.5, 0.6) is 0 Å². The smallest absolute Gasteiger partial charge is 0.307 e.